The minimum Gasteiger partial charge on any atom is -0.388 e. The molecule has 0 unspecified atom stereocenters. The lowest BCUT2D eigenvalue weighted by molar-refractivity contribution is 0.110. The fraction of sp³-hybridized carbons (Fsp3) is 0.583. The first kappa shape index (κ1) is 14.8. The first-order valence-corrected chi connectivity index (χ1v) is 6.44. The van der Waals surface area contributed by atoms with E-state index in [0.29, 0.717) is 11.6 Å². The maximum absolute atomic E-state index is 5.47. The van der Waals surface area contributed by atoms with Crippen molar-refractivity contribution in [1.29, 1.82) is 0 Å². The van der Waals surface area contributed by atoms with Crippen molar-refractivity contribution in [1.82, 2.24) is 9.97 Å². The van der Waals surface area contributed by atoms with Crippen molar-refractivity contribution in [3.05, 3.63) is 18.1 Å². The fourth-order valence-electron chi connectivity index (χ4n) is 1.26. The van der Waals surface area contributed by atoms with Gasteiger partial charge in [0.05, 0.1) is 12.4 Å². The lowest BCUT2D eigenvalue weighted by Gasteiger charge is -2.08. The minimum atomic E-state index is 0.260. The molecule has 5 nitrogen and oxygen atoms in total. The van der Waals surface area contributed by atoms with Crippen LogP contribution in [0.2, 0.25) is 0 Å². The van der Waals surface area contributed by atoms with Crippen LogP contribution in [0, 0.1) is 5.92 Å². The van der Waals surface area contributed by atoms with E-state index in [4.69, 9.17) is 22.7 Å². The zero-order valence-corrected chi connectivity index (χ0v) is 11.7. The van der Waals surface area contributed by atoms with Crippen LogP contribution in [0.1, 0.15) is 26.0 Å². The molecule has 3 N–H and O–H groups in total. The van der Waals surface area contributed by atoms with Crippen LogP contribution in [0.4, 0.5) is 5.82 Å². The molecule has 1 aromatic rings. The normalized spacial score (nSPS) is 10.6. The molecule has 0 spiro atoms. The number of hydrogen-bond donors (Lipinski definition) is 2. The predicted molar refractivity (Wildman–Crippen MR) is 76.7 cm³/mol. The maximum Gasteiger partial charge on any atom is 0.144 e. The Kier molecular flexibility index (Phi) is 6.53. The average Bonchev–Trinajstić information content (AvgIpc) is 2.34. The number of aromatic nitrogens is 2. The topological polar surface area (TPSA) is 73.1 Å². The molecule has 0 aliphatic rings. The summed E-state index contributed by atoms with van der Waals surface area (Å²) in [5, 5.41) is 3.16. The van der Waals surface area contributed by atoms with Gasteiger partial charge in [0.2, 0.25) is 0 Å². The molecule has 0 atom stereocenters. The lowest BCUT2D eigenvalue weighted by atomic mass is 10.2. The SMILES string of the molecule is CC(C)COCCCNc1cnc(C(N)=S)cn1. The van der Waals surface area contributed by atoms with Crippen LogP contribution in [0.5, 0.6) is 0 Å². The molecule has 100 valence electrons. The molecule has 0 fully saturated rings. The highest BCUT2D eigenvalue weighted by Crippen LogP contribution is 2.01. The highest BCUT2D eigenvalue weighted by Gasteiger charge is 1.99. The molecule has 1 rings (SSSR count). The number of nitrogens with one attached hydrogen (secondary N) is 1. The van der Waals surface area contributed by atoms with Crippen LogP contribution in [0.3, 0.4) is 0 Å². The molecule has 0 radical (unpaired) electrons. The molecule has 1 heterocycles. The van der Waals surface area contributed by atoms with E-state index in [2.05, 4.69) is 29.1 Å². The van der Waals surface area contributed by atoms with Gasteiger partial charge in [0.25, 0.3) is 0 Å². The van der Waals surface area contributed by atoms with E-state index in [1.807, 2.05) is 0 Å². The van der Waals surface area contributed by atoms with E-state index in [0.717, 1.165) is 32.0 Å². The number of ether oxygens (including phenoxy) is 1. The van der Waals surface area contributed by atoms with Crippen molar-refractivity contribution in [2.45, 2.75) is 20.3 Å². The maximum atomic E-state index is 5.47. The van der Waals surface area contributed by atoms with Gasteiger partial charge >= 0.3 is 0 Å². The third kappa shape index (κ3) is 5.88. The molecule has 0 aromatic carbocycles. The Morgan fingerprint density at radius 2 is 2.22 bits per heavy atom. The molecule has 0 aliphatic carbocycles. The van der Waals surface area contributed by atoms with E-state index in [1.54, 1.807) is 12.4 Å². The van der Waals surface area contributed by atoms with Crippen molar-refractivity contribution in [3.63, 3.8) is 0 Å². The number of nitrogens with two attached hydrogens (primary N) is 1. The van der Waals surface area contributed by atoms with Crippen molar-refractivity contribution in [2.75, 3.05) is 25.1 Å². The van der Waals surface area contributed by atoms with Gasteiger partial charge in [-0.3, -0.25) is 0 Å². The summed E-state index contributed by atoms with van der Waals surface area (Å²) < 4.78 is 5.47. The highest BCUT2D eigenvalue weighted by molar-refractivity contribution is 7.80. The molecule has 0 saturated carbocycles. The van der Waals surface area contributed by atoms with Gasteiger partial charge in [-0.15, -0.1) is 0 Å². The summed E-state index contributed by atoms with van der Waals surface area (Å²) >= 11 is 4.80. The number of rotatable bonds is 8. The quantitative estimate of drug-likeness (QED) is 0.551. The molecule has 0 amide bonds. The molecular weight excluding hydrogens is 248 g/mol. The summed E-state index contributed by atoms with van der Waals surface area (Å²) in [7, 11) is 0. The van der Waals surface area contributed by atoms with Gasteiger partial charge in [-0.25, -0.2) is 9.97 Å². The molecule has 18 heavy (non-hydrogen) atoms. The Morgan fingerprint density at radius 3 is 2.78 bits per heavy atom. The highest BCUT2D eigenvalue weighted by atomic mass is 32.1. The van der Waals surface area contributed by atoms with Crippen LogP contribution < -0.4 is 11.1 Å². The largest absolute Gasteiger partial charge is 0.388 e. The summed E-state index contributed by atoms with van der Waals surface area (Å²) in [5.41, 5.74) is 5.97. The second kappa shape index (κ2) is 7.94. The van der Waals surface area contributed by atoms with Crippen molar-refractivity contribution >= 4 is 23.0 Å². The Hall–Kier alpha value is -1.27. The monoisotopic (exact) mass is 268 g/mol. The van der Waals surface area contributed by atoms with Gasteiger partial charge in [-0.05, 0) is 12.3 Å². The number of thiocarbonyl (C=S) groups is 1. The van der Waals surface area contributed by atoms with Crippen molar-refractivity contribution in [3.8, 4) is 0 Å². The van der Waals surface area contributed by atoms with E-state index in [9.17, 15) is 0 Å². The zero-order chi connectivity index (χ0) is 13.4. The second-order valence-corrected chi connectivity index (χ2v) is 4.84. The Bertz CT molecular complexity index is 367. The van der Waals surface area contributed by atoms with Crippen LogP contribution in [-0.2, 0) is 4.74 Å². The Balaban J connectivity index is 2.17. The van der Waals surface area contributed by atoms with Gasteiger partial charge in [0, 0.05) is 19.8 Å². The fourth-order valence-corrected chi connectivity index (χ4v) is 1.36. The van der Waals surface area contributed by atoms with Crippen molar-refractivity contribution in [2.24, 2.45) is 11.7 Å². The Labute approximate surface area is 113 Å². The zero-order valence-electron chi connectivity index (χ0n) is 10.8. The first-order chi connectivity index (χ1) is 8.59. The third-order valence-electron chi connectivity index (χ3n) is 2.13. The van der Waals surface area contributed by atoms with E-state index in [-0.39, 0.29) is 4.99 Å². The van der Waals surface area contributed by atoms with Crippen LogP contribution in [0.15, 0.2) is 12.4 Å². The standard InChI is InChI=1S/C12H20N4OS/c1-9(2)8-17-5-3-4-14-11-7-15-10(6-16-11)12(13)18/h6-7,9H,3-5,8H2,1-2H3,(H2,13,18)(H,14,16). The van der Waals surface area contributed by atoms with Gasteiger partial charge in [-0.1, -0.05) is 26.1 Å². The van der Waals surface area contributed by atoms with Crippen LogP contribution in [0.25, 0.3) is 0 Å². The smallest absolute Gasteiger partial charge is 0.144 e. The van der Waals surface area contributed by atoms with Gasteiger partial charge in [0.15, 0.2) is 0 Å². The summed E-state index contributed by atoms with van der Waals surface area (Å²) in [5.74, 6) is 1.30. The second-order valence-electron chi connectivity index (χ2n) is 4.40. The number of nitrogens with zero attached hydrogens (tertiary/aromatic N) is 2. The molecule has 0 aliphatic heterocycles. The predicted octanol–water partition coefficient (Wildman–Crippen LogP) is 1.59. The summed E-state index contributed by atoms with van der Waals surface area (Å²) in [6.07, 6.45) is 4.13. The minimum absolute atomic E-state index is 0.260. The Morgan fingerprint density at radius 1 is 1.44 bits per heavy atom. The molecule has 6 heteroatoms. The van der Waals surface area contributed by atoms with Crippen molar-refractivity contribution < 1.29 is 4.74 Å². The van der Waals surface area contributed by atoms with Gasteiger partial charge in [-0.2, -0.15) is 0 Å². The summed E-state index contributed by atoms with van der Waals surface area (Å²) in [6, 6.07) is 0. The molecular formula is C12H20N4OS. The number of anilines is 1. The average molecular weight is 268 g/mol. The van der Waals surface area contributed by atoms with Gasteiger partial charge in [0.1, 0.15) is 16.5 Å². The molecule has 0 saturated heterocycles. The summed E-state index contributed by atoms with van der Waals surface area (Å²) in [4.78, 5) is 8.52. The van der Waals surface area contributed by atoms with E-state index in [1.165, 1.54) is 0 Å². The van der Waals surface area contributed by atoms with E-state index >= 15 is 0 Å². The van der Waals surface area contributed by atoms with E-state index < -0.39 is 0 Å². The summed E-state index contributed by atoms with van der Waals surface area (Å²) in [6.45, 7) is 6.64. The first-order valence-electron chi connectivity index (χ1n) is 6.03. The van der Waals surface area contributed by atoms with Crippen LogP contribution >= 0.6 is 12.2 Å². The third-order valence-corrected chi connectivity index (χ3v) is 2.34. The van der Waals surface area contributed by atoms with Gasteiger partial charge < -0.3 is 15.8 Å². The molecule has 1 aromatic heterocycles. The number of hydrogen-bond acceptors (Lipinski definition) is 5. The lowest BCUT2D eigenvalue weighted by Crippen LogP contribution is -2.13. The van der Waals surface area contributed by atoms with Crippen LogP contribution in [-0.4, -0.2) is 34.7 Å². The molecule has 0 bridgehead atoms.